The van der Waals surface area contributed by atoms with Crippen LogP contribution in [-0.2, 0) is 0 Å². The number of guanidine groups is 2. The summed E-state index contributed by atoms with van der Waals surface area (Å²) in [6.07, 6.45) is 0. The van der Waals surface area contributed by atoms with Gasteiger partial charge in [-0.2, -0.15) is 4.99 Å². The molecule has 1 rings (SSSR count). The largest absolute Gasteiger partial charge is 0.370 e. The molecule has 16 heavy (non-hydrogen) atoms. The third-order valence-corrected chi connectivity index (χ3v) is 2.81. The Balaban J connectivity index is 3.15. The standard InChI is InChI=1S/C10H14BrN5/c1-5-4-8(6(2)3-7(5)11)15-10(14)16-9(12)13/h3-4H,1-2H3,(H6,12,13,14,15,16). The fourth-order valence-corrected chi connectivity index (χ4v) is 1.62. The molecule has 0 aliphatic heterocycles. The molecule has 0 fully saturated rings. The second kappa shape index (κ2) is 4.98. The zero-order chi connectivity index (χ0) is 12.3. The lowest BCUT2D eigenvalue weighted by Crippen LogP contribution is -2.26. The summed E-state index contributed by atoms with van der Waals surface area (Å²) in [6, 6.07) is 3.88. The van der Waals surface area contributed by atoms with Crippen molar-refractivity contribution >= 4 is 33.5 Å². The highest BCUT2D eigenvalue weighted by molar-refractivity contribution is 9.10. The van der Waals surface area contributed by atoms with Crippen molar-refractivity contribution in [2.24, 2.45) is 27.2 Å². The fraction of sp³-hybridized carbons (Fsp3) is 0.200. The molecule has 6 N–H and O–H groups in total. The van der Waals surface area contributed by atoms with Gasteiger partial charge in [0.15, 0.2) is 5.96 Å². The SMILES string of the molecule is Cc1cc(N=C(N)N=C(N)N)c(C)cc1Br. The third-order valence-electron chi connectivity index (χ3n) is 1.96. The van der Waals surface area contributed by atoms with Crippen molar-refractivity contribution < 1.29 is 0 Å². The third kappa shape index (κ3) is 3.23. The molecular formula is C10H14BrN5. The normalized spacial score (nSPS) is 11.3. The molecule has 1 aromatic rings. The van der Waals surface area contributed by atoms with Gasteiger partial charge in [0, 0.05) is 4.47 Å². The lowest BCUT2D eigenvalue weighted by molar-refractivity contribution is 1.30. The second-order valence-electron chi connectivity index (χ2n) is 3.39. The van der Waals surface area contributed by atoms with Crippen molar-refractivity contribution in [2.45, 2.75) is 13.8 Å². The van der Waals surface area contributed by atoms with E-state index in [1.54, 1.807) is 0 Å². The maximum atomic E-state index is 5.55. The average molecular weight is 284 g/mol. The topological polar surface area (TPSA) is 103 Å². The van der Waals surface area contributed by atoms with Gasteiger partial charge in [0.05, 0.1) is 5.69 Å². The van der Waals surface area contributed by atoms with Crippen LogP contribution in [-0.4, -0.2) is 11.9 Å². The monoisotopic (exact) mass is 283 g/mol. The van der Waals surface area contributed by atoms with Gasteiger partial charge < -0.3 is 17.2 Å². The van der Waals surface area contributed by atoms with Crippen LogP contribution in [0, 0.1) is 13.8 Å². The lowest BCUT2D eigenvalue weighted by atomic mass is 10.1. The maximum absolute atomic E-state index is 5.55. The quantitative estimate of drug-likeness (QED) is 0.534. The highest BCUT2D eigenvalue weighted by Crippen LogP contribution is 2.26. The summed E-state index contributed by atoms with van der Waals surface area (Å²) < 4.78 is 1.03. The van der Waals surface area contributed by atoms with E-state index in [1.165, 1.54) is 0 Å². The van der Waals surface area contributed by atoms with Gasteiger partial charge >= 0.3 is 0 Å². The van der Waals surface area contributed by atoms with Crippen LogP contribution < -0.4 is 17.2 Å². The van der Waals surface area contributed by atoms with Gasteiger partial charge in [-0.1, -0.05) is 15.9 Å². The predicted molar refractivity (Wildman–Crippen MR) is 70.7 cm³/mol. The van der Waals surface area contributed by atoms with Gasteiger partial charge in [0.25, 0.3) is 0 Å². The molecule has 0 aromatic heterocycles. The van der Waals surface area contributed by atoms with Crippen molar-refractivity contribution in [3.8, 4) is 0 Å². The van der Waals surface area contributed by atoms with Crippen LogP contribution in [0.4, 0.5) is 5.69 Å². The lowest BCUT2D eigenvalue weighted by Gasteiger charge is -2.04. The molecule has 86 valence electrons. The van der Waals surface area contributed by atoms with Gasteiger partial charge in [0.1, 0.15) is 0 Å². The van der Waals surface area contributed by atoms with E-state index in [1.807, 2.05) is 26.0 Å². The first-order chi connectivity index (χ1) is 7.40. The molecule has 0 saturated heterocycles. The van der Waals surface area contributed by atoms with Crippen LogP contribution in [0.1, 0.15) is 11.1 Å². The first kappa shape index (κ1) is 12.5. The van der Waals surface area contributed by atoms with Crippen LogP contribution in [0.2, 0.25) is 0 Å². The Labute approximate surface area is 103 Å². The fourth-order valence-electron chi connectivity index (χ4n) is 1.17. The first-order valence-corrected chi connectivity index (χ1v) is 5.40. The van der Waals surface area contributed by atoms with E-state index >= 15 is 0 Å². The molecule has 1 aromatic carbocycles. The Kier molecular flexibility index (Phi) is 3.89. The first-order valence-electron chi connectivity index (χ1n) is 4.60. The highest BCUT2D eigenvalue weighted by Gasteiger charge is 2.02. The molecule has 0 atom stereocenters. The van der Waals surface area contributed by atoms with Crippen molar-refractivity contribution in [1.82, 2.24) is 0 Å². The minimum Gasteiger partial charge on any atom is -0.370 e. The van der Waals surface area contributed by atoms with Crippen molar-refractivity contribution in [1.29, 1.82) is 0 Å². The smallest absolute Gasteiger partial charge is 0.223 e. The zero-order valence-electron chi connectivity index (χ0n) is 9.16. The minimum absolute atomic E-state index is 0.0461. The Morgan fingerprint density at radius 2 is 1.75 bits per heavy atom. The molecule has 0 heterocycles. The molecular weight excluding hydrogens is 270 g/mol. The van der Waals surface area contributed by atoms with Crippen LogP contribution >= 0.6 is 15.9 Å². The zero-order valence-corrected chi connectivity index (χ0v) is 10.7. The highest BCUT2D eigenvalue weighted by atomic mass is 79.9. The average Bonchev–Trinajstić information content (AvgIpc) is 2.12. The molecule has 0 aliphatic carbocycles. The Morgan fingerprint density at radius 3 is 2.31 bits per heavy atom. The van der Waals surface area contributed by atoms with Gasteiger partial charge in [-0.3, -0.25) is 0 Å². The number of halogens is 1. The summed E-state index contributed by atoms with van der Waals surface area (Å²) in [5, 5.41) is 0. The molecule has 0 spiro atoms. The van der Waals surface area contributed by atoms with Crippen LogP contribution in [0.5, 0.6) is 0 Å². The molecule has 0 bridgehead atoms. The number of nitrogens with zero attached hydrogens (tertiary/aromatic N) is 2. The van der Waals surface area contributed by atoms with Gasteiger partial charge in [-0.25, -0.2) is 4.99 Å². The van der Waals surface area contributed by atoms with Crippen molar-refractivity contribution in [3.63, 3.8) is 0 Å². The number of hydrogen-bond donors (Lipinski definition) is 3. The van der Waals surface area contributed by atoms with Crippen LogP contribution in [0.3, 0.4) is 0 Å². The molecule has 0 radical (unpaired) electrons. The van der Waals surface area contributed by atoms with E-state index in [0.717, 1.165) is 21.3 Å². The Hall–Kier alpha value is -1.56. The van der Waals surface area contributed by atoms with E-state index in [4.69, 9.17) is 17.2 Å². The van der Waals surface area contributed by atoms with E-state index in [9.17, 15) is 0 Å². The maximum Gasteiger partial charge on any atom is 0.223 e. The number of benzene rings is 1. The van der Waals surface area contributed by atoms with Gasteiger partial charge in [0.2, 0.25) is 5.96 Å². The summed E-state index contributed by atoms with van der Waals surface area (Å²) in [7, 11) is 0. The summed E-state index contributed by atoms with van der Waals surface area (Å²) in [6.45, 7) is 3.91. The molecule has 0 saturated carbocycles. The summed E-state index contributed by atoms with van der Waals surface area (Å²) in [4.78, 5) is 7.78. The van der Waals surface area contributed by atoms with Crippen molar-refractivity contribution in [3.05, 3.63) is 27.7 Å². The Bertz CT molecular complexity index is 461. The van der Waals surface area contributed by atoms with Crippen LogP contribution in [0.15, 0.2) is 26.6 Å². The van der Waals surface area contributed by atoms with E-state index < -0.39 is 0 Å². The summed E-state index contributed by atoms with van der Waals surface area (Å²) in [5.41, 5.74) is 18.8. The number of aliphatic imine (C=N–C) groups is 2. The second-order valence-corrected chi connectivity index (χ2v) is 4.25. The number of rotatable bonds is 1. The number of aryl methyl sites for hydroxylation is 2. The van der Waals surface area contributed by atoms with Gasteiger partial charge in [-0.05, 0) is 37.1 Å². The number of hydrogen-bond acceptors (Lipinski definition) is 1. The van der Waals surface area contributed by atoms with E-state index in [0.29, 0.717) is 0 Å². The van der Waals surface area contributed by atoms with E-state index in [-0.39, 0.29) is 11.9 Å². The summed E-state index contributed by atoms with van der Waals surface area (Å²) >= 11 is 3.44. The number of nitrogens with two attached hydrogens (primary N) is 3. The Morgan fingerprint density at radius 1 is 1.12 bits per heavy atom. The minimum atomic E-state index is -0.104. The molecule has 0 aliphatic rings. The van der Waals surface area contributed by atoms with Crippen molar-refractivity contribution in [2.75, 3.05) is 0 Å². The molecule has 0 amide bonds. The predicted octanol–water partition coefficient (Wildman–Crippen LogP) is 1.29. The van der Waals surface area contributed by atoms with Gasteiger partial charge in [-0.15, -0.1) is 0 Å². The molecule has 5 nitrogen and oxygen atoms in total. The van der Waals surface area contributed by atoms with Crippen LogP contribution in [0.25, 0.3) is 0 Å². The van der Waals surface area contributed by atoms with E-state index in [2.05, 4.69) is 25.9 Å². The molecule has 0 unspecified atom stereocenters. The summed E-state index contributed by atoms with van der Waals surface area (Å²) in [5.74, 6) is -0.0578. The molecule has 6 heteroatoms.